The molecule has 4 heteroatoms. The molecule has 3 rings (SSSR count). The highest BCUT2D eigenvalue weighted by atomic mass is 16.5. The van der Waals surface area contributed by atoms with Crippen molar-refractivity contribution in [1.29, 1.82) is 0 Å². The summed E-state index contributed by atoms with van der Waals surface area (Å²) in [4.78, 5) is 15.6. The molecule has 0 radical (unpaired) electrons. The molecule has 0 saturated heterocycles. The summed E-state index contributed by atoms with van der Waals surface area (Å²) in [5.41, 5.74) is 1.79. The molecule has 0 unspecified atom stereocenters. The van der Waals surface area contributed by atoms with Crippen LogP contribution < -0.4 is 4.74 Å². The molecule has 1 aromatic carbocycles. The van der Waals surface area contributed by atoms with Crippen molar-refractivity contribution in [2.24, 2.45) is 0 Å². The van der Waals surface area contributed by atoms with Gasteiger partial charge < -0.3 is 9.47 Å². The van der Waals surface area contributed by atoms with E-state index in [1.54, 1.807) is 19.1 Å². The van der Waals surface area contributed by atoms with Crippen LogP contribution in [0.2, 0.25) is 0 Å². The summed E-state index contributed by atoms with van der Waals surface area (Å²) >= 11 is 0. The number of nitrogens with zero attached hydrogens (tertiary/aromatic N) is 1. The van der Waals surface area contributed by atoms with Gasteiger partial charge in [-0.05, 0) is 49.4 Å². The monoisotopic (exact) mass is 283 g/mol. The Bertz CT molecular complexity index is 615. The zero-order chi connectivity index (χ0) is 14.7. The number of hydrogen-bond donors (Lipinski definition) is 0. The Morgan fingerprint density at radius 1 is 1.19 bits per heavy atom. The molecule has 1 saturated carbocycles. The van der Waals surface area contributed by atoms with Gasteiger partial charge in [0, 0.05) is 12.3 Å². The summed E-state index contributed by atoms with van der Waals surface area (Å²) in [5.74, 6) is 1.57. The van der Waals surface area contributed by atoms with Gasteiger partial charge in [0.05, 0.1) is 12.2 Å². The second-order valence-electron chi connectivity index (χ2n) is 5.05. The Labute approximate surface area is 123 Å². The first-order valence-corrected chi connectivity index (χ1v) is 7.17. The minimum Gasteiger partial charge on any atom is -0.462 e. The average Bonchev–Trinajstić information content (AvgIpc) is 3.34. The van der Waals surface area contributed by atoms with Crippen LogP contribution in [0.1, 0.15) is 41.6 Å². The quantitative estimate of drug-likeness (QED) is 0.780. The van der Waals surface area contributed by atoms with Crippen molar-refractivity contribution in [3.63, 3.8) is 0 Å². The summed E-state index contributed by atoms with van der Waals surface area (Å²) in [7, 11) is 0. The zero-order valence-electron chi connectivity index (χ0n) is 11.9. The molecule has 21 heavy (non-hydrogen) atoms. The minimum atomic E-state index is -0.370. The van der Waals surface area contributed by atoms with E-state index in [4.69, 9.17) is 9.47 Å². The van der Waals surface area contributed by atoms with Crippen LogP contribution in [0, 0.1) is 0 Å². The van der Waals surface area contributed by atoms with E-state index in [0.717, 1.165) is 11.7 Å². The van der Waals surface area contributed by atoms with E-state index < -0.39 is 0 Å². The number of ether oxygens (including phenoxy) is 2. The van der Waals surface area contributed by atoms with Crippen molar-refractivity contribution >= 4 is 5.97 Å². The molecule has 4 nitrogen and oxygen atoms in total. The highest BCUT2D eigenvalue weighted by molar-refractivity contribution is 5.89. The molecule has 0 bridgehead atoms. The molecule has 0 atom stereocenters. The van der Waals surface area contributed by atoms with E-state index in [0.29, 0.717) is 18.1 Å². The molecular formula is C17H17NO3. The summed E-state index contributed by atoms with van der Waals surface area (Å²) in [6.07, 6.45) is 4.04. The van der Waals surface area contributed by atoms with E-state index in [-0.39, 0.29) is 5.97 Å². The third-order valence-corrected chi connectivity index (χ3v) is 3.40. The zero-order valence-corrected chi connectivity index (χ0v) is 11.9. The minimum absolute atomic E-state index is 0.352. The van der Waals surface area contributed by atoms with Crippen LogP contribution in [0.3, 0.4) is 0 Å². The number of pyridine rings is 1. The van der Waals surface area contributed by atoms with Gasteiger partial charge in [-0.15, -0.1) is 0 Å². The number of carbonyl (C=O) groups excluding carboxylic acids is 1. The smallest absolute Gasteiger partial charge is 0.339 e. The fourth-order valence-electron chi connectivity index (χ4n) is 2.12. The first-order chi connectivity index (χ1) is 10.3. The van der Waals surface area contributed by atoms with Gasteiger partial charge in [0.2, 0.25) is 5.88 Å². The number of aromatic nitrogens is 1. The lowest BCUT2D eigenvalue weighted by Gasteiger charge is -2.06. The van der Waals surface area contributed by atoms with Crippen LogP contribution in [0.5, 0.6) is 11.6 Å². The van der Waals surface area contributed by atoms with Gasteiger partial charge >= 0.3 is 5.97 Å². The largest absolute Gasteiger partial charge is 0.462 e. The average molecular weight is 283 g/mol. The molecule has 1 fully saturated rings. The summed E-state index contributed by atoms with van der Waals surface area (Å²) < 4.78 is 10.6. The van der Waals surface area contributed by atoms with Crippen LogP contribution in [-0.4, -0.2) is 17.6 Å². The van der Waals surface area contributed by atoms with E-state index in [2.05, 4.69) is 17.1 Å². The van der Waals surface area contributed by atoms with Gasteiger partial charge in [-0.25, -0.2) is 9.78 Å². The molecule has 1 aliphatic rings. The predicted octanol–water partition coefficient (Wildman–Crippen LogP) is 3.93. The topological polar surface area (TPSA) is 48.4 Å². The predicted molar refractivity (Wildman–Crippen MR) is 78.7 cm³/mol. The molecular weight excluding hydrogens is 266 g/mol. The Hall–Kier alpha value is -2.36. The molecule has 1 aliphatic carbocycles. The summed E-state index contributed by atoms with van der Waals surface area (Å²) in [6, 6.07) is 11.4. The maximum Gasteiger partial charge on any atom is 0.339 e. The van der Waals surface area contributed by atoms with Gasteiger partial charge in [0.15, 0.2) is 0 Å². The second-order valence-corrected chi connectivity index (χ2v) is 5.05. The molecule has 0 amide bonds. The van der Waals surface area contributed by atoms with Crippen molar-refractivity contribution in [2.75, 3.05) is 6.61 Å². The van der Waals surface area contributed by atoms with E-state index >= 15 is 0 Å². The second kappa shape index (κ2) is 5.95. The third kappa shape index (κ3) is 3.40. The fourth-order valence-corrected chi connectivity index (χ4v) is 2.12. The lowest BCUT2D eigenvalue weighted by molar-refractivity contribution is 0.0526. The third-order valence-electron chi connectivity index (χ3n) is 3.40. The normalized spacial score (nSPS) is 13.8. The van der Waals surface area contributed by atoms with Crippen molar-refractivity contribution in [3.8, 4) is 11.6 Å². The highest BCUT2D eigenvalue weighted by Crippen LogP contribution is 2.40. The molecule has 108 valence electrons. The lowest BCUT2D eigenvalue weighted by atomic mass is 10.1. The maximum absolute atomic E-state index is 11.5. The molecule has 0 spiro atoms. The molecule has 1 aromatic heterocycles. The number of esters is 1. The number of hydrogen-bond acceptors (Lipinski definition) is 4. The first-order valence-electron chi connectivity index (χ1n) is 7.17. The number of benzene rings is 1. The Morgan fingerprint density at radius 2 is 1.95 bits per heavy atom. The van der Waals surface area contributed by atoms with Crippen molar-refractivity contribution < 1.29 is 14.3 Å². The highest BCUT2D eigenvalue weighted by Gasteiger charge is 2.23. The summed E-state index contributed by atoms with van der Waals surface area (Å²) in [6.45, 7) is 2.12. The van der Waals surface area contributed by atoms with Gasteiger partial charge in [0.25, 0.3) is 0 Å². The number of carbonyl (C=O) groups is 1. The van der Waals surface area contributed by atoms with Crippen LogP contribution >= 0.6 is 0 Å². The van der Waals surface area contributed by atoms with E-state index in [1.807, 2.05) is 12.1 Å². The molecule has 1 heterocycles. The number of rotatable bonds is 5. The van der Waals surface area contributed by atoms with Crippen LogP contribution in [-0.2, 0) is 4.74 Å². The fraction of sp³-hybridized carbons (Fsp3) is 0.294. The SMILES string of the molecule is CCOC(=O)c1ccc(Oc2ccc(C3CC3)cc2)nc1. The standard InChI is InChI=1S/C17H17NO3/c1-2-20-17(19)14-7-10-16(18-11-14)21-15-8-5-13(6-9-15)12-3-4-12/h5-12H,2-4H2,1H3. The maximum atomic E-state index is 11.5. The van der Waals surface area contributed by atoms with E-state index in [9.17, 15) is 4.79 Å². The van der Waals surface area contributed by atoms with Gasteiger partial charge in [-0.2, -0.15) is 0 Å². The Balaban J connectivity index is 1.65. The van der Waals surface area contributed by atoms with Gasteiger partial charge in [-0.3, -0.25) is 0 Å². The van der Waals surface area contributed by atoms with Crippen LogP contribution in [0.15, 0.2) is 42.6 Å². The van der Waals surface area contributed by atoms with Gasteiger partial charge in [-0.1, -0.05) is 12.1 Å². The Morgan fingerprint density at radius 3 is 2.52 bits per heavy atom. The first kappa shape index (κ1) is 13.6. The van der Waals surface area contributed by atoms with Gasteiger partial charge in [0.1, 0.15) is 5.75 Å². The Kier molecular flexibility index (Phi) is 3.86. The lowest BCUT2D eigenvalue weighted by Crippen LogP contribution is -2.04. The van der Waals surface area contributed by atoms with Crippen molar-refractivity contribution in [3.05, 3.63) is 53.7 Å². The molecule has 0 N–H and O–H groups in total. The van der Waals surface area contributed by atoms with E-state index in [1.165, 1.54) is 24.6 Å². The van der Waals surface area contributed by atoms with Crippen molar-refractivity contribution in [1.82, 2.24) is 4.98 Å². The molecule has 2 aromatic rings. The van der Waals surface area contributed by atoms with Crippen LogP contribution in [0.25, 0.3) is 0 Å². The molecule has 0 aliphatic heterocycles. The summed E-state index contributed by atoms with van der Waals surface area (Å²) in [5, 5.41) is 0. The van der Waals surface area contributed by atoms with Crippen LogP contribution in [0.4, 0.5) is 0 Å². The van der Waals surface area contributed by atoms with Crippen molar-refractivity contribution in [2.45, 2.75) is 25.7 Å².